The number of hydrogen-bond acceptors (Lipinski definition) is 5. The van der Waals surface area contributed by atoms with E-state index in [4.69, 9.17) is 11.6 Å². The lowest BCUT2D eigenvalue weighted by molar-refractivity contribution is -0.122. The van der Waals surface area contributed by atoms with E-state index in [0.717, 1.165) is 0 Å². The summed E-state index contributed by atoms with van der Waals surface area (Å²) < 4.78 is 28.7. The summed E-state index contributed by atoms with van der Waals surface area (Å²) in [5, 5.41) is 11.1. The Hall–Kier alpha value is -2.49. The second kappa shape index (κ2) is 7.40. The van der Waals surface area contributed by atoms with Crippen LogP contribution in [0.3, 0.4) is 0 Å². The highest BCUT2D eigenvalue weighted by Crippen LogP contribution is 2.14. The highest BCUT2D eigenvalue weighted by Gasteiger charge is 2.22. The molecule has 1 amide bonds. The van der Waals surface area contributed by atoms with Crippen molar-refractivity contribution in [1.29, 1.82) is 0 Å². The molecule has 1 atom stereocenters. The Morgan fingerprint density at radius 2 is 1.92 bits per heavy atom. The molecule has 0 radical (unpaired) electrons. The molecule has 8 nitrogen and oxygen atoms in total. The van der Waals surface area contributed by atoms with Gasteiger partial charge in [0, 0.05) is 11.2 Å². The molecular weight excluding hydrogens is 378 g/mol. The van der Waals surface area contributed by atoms with Crippen molar-refractivity contribution >= 4 is 33.2 Å². The van der Waals surface area contributed by atoms with Crippen LogP contribution < -0.4 is 10.0 Å². The van der Waals surface area contributed by atoms with Gasteiger partial charge in [-0.25, -0.2) is 8.42 Å². The summed E-state index contributed by atoms with van der Waals surface area (Å²) in [6, 6.07) is 10.2. The first-order valence-corrected chi connectivity index (χ1v) is 9.57. The first kappa shape index (κ1) is 18.3. The van der Waals surface area contributed by atoms with Crippen LogP contribution in [0.25, 0.3) is 5.65 Å². The van der Waals surface area contributed by atoms with E-state index in [1.54, 1.807) is 16.7 Å². The molecule has 2 N–H and O–H groups in total. The zero-order chi connectivity index (χ0) is 18.7. The first-order valence-electron chi connectivity index (χ1n) is 7.71. The Morgan fingerprint density at radius 3 is 2.65 bits per heavy atom. The Morgan fingerprint density at radius 1 is 1.19 bits per heavy atom. The maximum Gasteiger partial charge on any atom is 0.241 e. The van der Waals surface area contributed by atoms with Crippen molar-refractivity contribution in [3.8, 4) is 0 Å². The number of pyridine rings is 1. The Kier molecular flexibility index (Phi) is 5.21. The lowest BCUT2D eigenvalue weighted by Crippen LogP contribution is -2.44. The third-order valence-electron chi connectivity index (χ3n) is 3.65. The van der Waals surface area contributed by atoms with Crippen LogP contribution in [0, 0.1) is 0 Å². The van der Waals surface area contributed by atoms with Crippen molar-refractivity contribution in [3.05, 3.63) is 59.5 Å². The molecule has 2 heterocycles. The Balaban J connectivity index is 1.63. The second-order valence-electron chi connectivity index (χ2n) is 5.56. The fourth-order valence-electron chi connectivity index (χ4n) is 2.30. The van der Waals surface area contributed by atoms with Crippen LogP contribution >= 0.6 is 11.6 Å². The zero-order valence-corrected chi connectivity index (χ0v) is 15.3. The van der Waals surface area contributed by atoms with E-state index < -0.39 is 22.0 Å². The van der Waals surface area contributed by atoms with E-state index in [9.17, 15) is 13.2 Å². The minimum atomic E-state index is -3.83. The van der Waals surface area contributed by atoms with Gasteiger partial charge in [0.25, 0.3) is 0 Å². The molecule has 0 saturated heterocycles. The van der Waals surface area contributed by atoms with Crippen LogP contribution in [0.1, 0.15) is 12.7 Å². The number of aromatic nitrogens is 3. The minimum absolute atomic E-state index is 0.0324. The van der Waals surface area contributed by atoms with Crippen molar-refractivity contribution in [1.82, 2.24) is 24.6 Å². The third kappa shape index (κ3) is 4.01. The van der Waals surface area contributed by atoms with Crippen LogP contribution in [0.5, 0.6) is 0 Å². The largest absolute Gasteiger partial charge is 0.347 e. The fourth-order valence-corrected chi connectivity index (χ4v) is 3.63. The van der Waals surface area contributed by atoms with Crippen molar-refractivity contribution in [2.24, 2.45) is 0 Å². The number of hydrogen-bond donors (Lipinski definition) is 2. The number of carbonyl (C=O) groups excluding carboxylic acids is 1. The Labute approximate surface area is 155 Å². The van der Waals surface area contributed by atoms with Gasteiger partial charge in [-0.15, -0.1) is 10.2 Å². The van der Waals surface area contributed by atoms with Gasteiger partial charge >= 0.3 is 0 Å². The summed E-state index contributed by atoms with van der Waals surface area (Å²) in [7, 11) is -3.83. The number of sulfonamides is 1. The van der Waals surface area contributed by atoms with Gasteiger partial charge in [-0.05, 0) is 43.3 Å². The summed E-state index contributed by atoms with van der Waals surface area (Å²) in [5.74, 6) is 0.0666. The van der Waals surface area contributed by atoms with Crippen molar-refractivity contribution in [2.75, 3.05) is 0 Å². The molecule has 3 aromatic rings. The zero-order valence-electron chi connectivity index (χ0n) is 13.8. The van der Waals surface area contributed by atoms with Crippen LogP contribution in [0.15, 0.2) is 53.6 Å². The number of halogens is 1. The molecule has 3 rings (SSSR count). The van der Waals surface area contributed by atoms with Gasteiger partial charge in [-0.2, -0.15) is 4.72 Å². The molecule has 0 aliphatic heterocycles. The SMILES string of the molecule is C[C@@H](NS(=O)(=O)c1ccc(Cl)cc1)C(=O)NCc1nnc2ccccn12. The highest BCUT2D eigenvalue weighted by molar-refractivity contribution is 7.89. The van der Waals surface area contributed by atoms with E-state index >= 15 is 0 Å². The van der Waals surface area contributed by atoms with Gasteiger partial charge < -0.3 is 5.32 Å². The molecule has 136 valence electrons. The van der Waals surface area contributed by atoms with E-state index in [1.165, 1.54) is 31.2 Å². The molecular formula is C16H16ClN5O3S. The van der Waals surface area contributed by atoms with Crippen LogP contribution in [0.4, 0.5) is 0 Å². The number of fused-ring (bicyclic) bond motifs is 1. The molecule has 0 fully saturated rings. The lowest BCUT2D eigenvalue weighted by atomic mass is 10.3. The number of rotatable bonds is 6. The van der Waals surface area contributed by atoms with Crippen LogP contribution in [0.2, 0.25) is 5.02 Å². The molecule has 1 aromatic carbocycles. The van der Waals surface area contributed by atoms with Gasteiger partial charge in [0.2, 0.25) is 15.9 Å². The van der Waals surface area contributed by atoms with Gasteiger partial charge in [-0.1, -0.05) is 17.7 Å². The number of carbonyl (C=O) groups is 1. The van der Waals surface area contributed by atoms with Gasteiger partial charge in [0.15, 0.2) is 11.5 Å². The standard InChI is InChI=1S/C16H16ClN5O3S/c1-11(21-26(24,25)13-7-5-12(17)6-8-13)16(23)18-10-15-20-19-14-4-2-3-9-22(14)15/h2-9,11,21H,10H2,1H3,(H,18,23)/t11-/m1/s1. The molecule has 0 spiro atoms. The predicted octanol–water partition coefficient (Wildman–Crippen LogP) is 1.37. The quantitative estimate of drug-likeness (QED) is 0.658. The summed E-state index contributed by atoms with van der Waals surface area (Å²) in [6.45, 7) is 1.59. The highest BCUT2D eigenvalue weighted by atomic mass is 35.5. The van der Waals surface area contributed by atoms with Crippen LogP contribution in [-0.2, 0) is 21.4 Å². The average molecular weight is 394 g/mol. The topological polar surface area (TPSA) is 105 Å². The maximum atomic E-state index is 12.3. The normalized spacial score (nSPS) is 12.8. The molecule has 0 bridgehead atoms. The Bertz CT molecular complexity index is 1030. The summed E-state index contributed by atoms with van der Waals surface area (Å²) in [4.78, 5) is 12.3. The summed E-state index contributed by atoms with van der Waals surface area (Å²) in [5.41, 5.74) is 0.660. The fraction of sp³-hybridized carbons (Fsp3) is 0.188. The number of nitrogens with one attached hydrogen (secondary N) is 2. The number of nitrogens with zero attached hydrogens (tertiary/aromatic N) is 3. The van der Waals surface area contributed by atoms with E-state index in [1.807, 2.05) is 12.1 Å². The van der Waals surface area contributed by atoms with Crippen molar-refractivity contribution in [3.63, 3.8) is 0 Å². The number of benzene rings is 1. The van der Waals surface area contributed by atoms with E-state index in [0.29, 0.717) is 16.5 Å². The second-order valence-corrected chi connectivity index (χ2v) is 7.71. The summed E-state index contributed by atoms with van der Waals surface area (Å²) in [6.07, 6.45) is 1.78. The molecule has 0 saturated carbocycles. The molecule has 0 aliphatic carbocycles. The molecule has 26 heavy (non-hydrogen) atoms. The first-order chi connectivity index (χ1) is 12.4. The monoisotopic (exact) mass is 393 g/mol. The minimum Gasteiger partial charge on any atom is -0.347 e. The van der Waals surface area contributed by atoms with Gasteiger partial charge in [0.1, 0.15) is 0 Å². The van der Waals surface area contributed by atoms with Crippen molar-refractivity contribution in [2.45, 2.75) is 24.4 Å². The summed E-state index contributed by atoms with van der Waals surface area (Å²) >= 11 is 5.76. The predicted molar refractivity (Wildman–Crippen MR) is 96.1 cm³/mol. The number of amides is 1. The van der Waals surface area contributed by atoms with Crippen molar-refractivity contribution < 1.29 is 13.2 Å². The lowest BCUT2D eigenvalue weighted by Gasteiger charge is -2.14. The maximum absolute atomic E-state index is 12.3. The van der Waals surface area contributed by atoms with Gasteiger partial charge in [0.05, 0.1) is 17.5 Å². The average Bonchev–Trinajstić information content (AvgIpc) is 3.03. The van der Waals surface area contributed by atoms with Gasteiger partial charge in [-0.3, -0.25) is 9.20 Å². The molecule has 2 aromatic heterocycles. The smallest absolute Gasteiger partial charge is 0.241 e. The molecule has 0 unspecified atom stereocenters. The van der Waals surface area contributed by atoms with E-state index in [2.05, 4.69) is 20.2 Å². The molecule has 10 heteroatoms. The third-order valence-corrected chi connectivity index (χ3v) is 5.46. The molecule has 0 aliphatic rings. The van der Waals surface area contributed by atoms with E-state index in [-0.39, 0.29) is 11.4 Å². The van der Waals surface area contributed by atoms with Crippen LogP contribution in [-0.4, -0.2) is 35.0 Å².